The number of rotatable bonds is 2. The van der Waals surface area contributed by atoms with E-state index in [1.54, 1.807) is 0 Å². The van der Waals surface area contributed by atoms with Crippen LogP contribution in [0.25, 0.3) is 0 Å². The Morgan fingerprint density at radius 2 is 1.94 bits per heavy atom. The van der Waals surface area contributed by atoms with Gasteiger partial charge in [-0.1, -0.05) is 33.6 Å². The molecule has 4 heteroatoms. The third-order valence-corrected chi connectivity index (χ3v) is 3.47. The van der Waals surface area contributed by atoms with Crippen molar-refractivity contribution in [1.82, 2.24) is 15.2 Å². The molecule has 0 aliphatic heterocycles. The topological polar surface area (TPSA) is 67.6 Å². The molecule has 4 nitrogen and oxygen atoms in total. The molecule has 1 aromatic heterocycles. The van der Waals surface area contributed by atoms with Crippen LogP contribution in [0.4, 0.5) is 0 Å². The lowest BCUT2D eigenvalue weighted by Gasteiger charge is -2.24. The molecule has 3 N–H and O–H groups in total. The number of H-pyrrole nitrogens is 1. The predicted molar refractivity (Wildman–Crippen MR) is 64.0 cm³/mol. The predicted octanol–water partition coefficient (Wildman–Crippen LogP) is 2.51. The molecule has 1 aromatic rings. The van der Waals surface area contributed by atoms with Crippen molar-refractivity contribution in [3.8, 4) is 0 Å². The van der Waals surface area contributed by atoms with Gasteiger partial charge in [-0.3, -0.25) is 5.10 Å². The van der Waals surface area contributed by atoms with Gasteiger partial charge in [-0.15, -0.1) is 0 Å². The van der Waals surface area contributed by atoms with Crippen molar-refractivity contribution in [2.75, 3.05) is 0 Å². The van der Waals surface area contributed by atoms with Crippen molar-refractivity contribution >= 4 is 0 Å². The highest BCUT2D eigenvalue weighted by Crippen LogP contribution is 2.33. The summed E-state index contributed by atoms with van der Waals surface area (Å²) in [6.07, 6.45) is 5.09. The molecule has 0 amide bonds. The Bertz CT molecular complexity index is 344. The summed E-state index contributed by atoms with van der Waals surface area (Å²) in [6.45, 7) is 6.34. The van der Waals surface area contributed by atoms with Gasteiger partial charge in [0.2, 0.25) is 0 Å². The van der Waals surface area contributed by atoms with Crippen molar-refractivity contribution < 1.29 is 0 Å². The molecule has 1 atom stereocenters. The first kappa shape index (κ1) is 11.6. The van der Waals surface area contributed by atoms with Gasteiger partial charge in [-0.05, 0) is 18.3 Å². The Balaban J connectivity index is 2.12. The van der Waals surface area contributed by atoms with Gasteiger partial charge in [0.25, 0.3) is 0 Å². The number of aromatic nitrogens is 3. The van der Waals surface area contributed by atoms with Gasteiger partial charge in [-0.25, -0.2) is 4.98 Å². The molecule has 90 valence electrons. The standard InChI is InChI=1S/C12H22N4/c1-12(2,3)9(13)11-14-10(15-16-11)8-6-4-5-7-8/h8-9H,4-7,13H2,1-3H3,(H,14,15,16)/t9-/m0/s1. The minimum absolute atomic E-state index is 0.00907. The Hall–Kier alpha value is -0.900. The fourth-order valence-corrected chi connectivity index (χ4v) is 2.20. The van der Waals surface area contributed by atoms with E-state index in [4.69, 9.17) is 5.73 Å². The van der Waals surface area contributed by atoms with E-state index in [0.29, 0.717) is 5.92 Å². The van der Waals surface area contributed by atoms with Crippen LogP contribution < -0.4 is 5.73 Å². The zero-order valence-corrected chi connectivity index (χ0v) is 10.5. The van der Waals surface area contributed by atoms with Crippen LogP contribution in [-0.4, -0.2) is 15.2 Å². The Morgan fingerprint density at radius 1 is 1.31 bits per heavy atom. The van der Waals surface area contributed by atoms with Gasteiger partial charge in [0.05, 0.1) is 6.04 Å². The summed E-state index contributed by atoms with van der Waals surface area (Å²) in [4.78, 5) is 4.57. The number of nitrogens with zero attached hydrogens (tertiary/aromatic N) is 2. The molecule has 1 saturated carbocycles. The van der Waals surface area contributed by atoms with Gasteiger partial charge in [-0.2, -0.15) is 5.10 Å². The van der Waals surface area contributed by atoms with E-state index in [1.807, 2.05) is 0 Å². The number of aromatic amines is 1. The first-order valence-corrected chi connectivity index (χ1v) is 6.16. The summed E-state index contributed by atoms with van der Waals surface area (Å²) in [6, 6.07) is -0.0982. The summed E-state index contributed by atoms with van der Waals surface area (Å²) in [5.41, 5.74) is 6.15. The highest BCUT2D eigenvalue weighted by atomic mass is 15.2. The minimum atomic E-state index is -0.0982. The molecule has 0 bridgehead atoms. The second kappa shape index (κ2) is 4.17. The molecule has 0 radical (unpaired) electrons. The lowest BCUT2D eigenvalue weighted by atomic mass is 9.87. The van der Waals surface area contributed by atoms with E-state index in [2.05, 4.69) is 36.0 Å². The lowest BCUT2D eigenvalue weighted by Crippen LogP contribution is -2.27. The van der Waals surface area contributed by atoms with Crippen molar-refractivity contribution in [2.45, 2.75) is 58.4 Å². The normalized spacial score (nSPS) is 20.2. The summed E-state index contributed by atoms with van der Waals surface area (Å²) in [5, 5.41) is 7.33. The average molecular weight is 222 g/mol. The van der Waals surface area contributed by atoms with Gasteiger partial charge in [0, 0.05) is 5.92 Å². The van der Waals surface area contributed by atoms with Crippen LogP contribution in [0.2, 0.25) is 0 Å². The minimum Gasteiger partial charge on any atom is -0.321 e. The quantitative estimate of drug-likeness (QED) is 0.808. The number of hydrogen-bond acceptors (Lipinski definition) is 3. The van der Waals surface area contributed by atoms with E-state index >= 15 is 0 Å². The monoisotopic (exact) mass is 222 g/mol. The maximum absolute atomic E-state index is 6.14. The molecule has 1 aliphatic rings. The highest BCUT2D eigenvalue weighted by molar-refractivity contribution is 5.04. The fourth-order valence-electron chi connectivity index (χ4n) is 2.20. The van der Waals surface area contributed by atoms with Crippen LogP contribution in [0.3, 0.4) is 0 Å². The van der Waals surface area contributed by atoms with Crippen LogP contribution in [0, 0.1) is 5.41 Å². The number of nitrogens with one attached hydrogen (secondary N) is 1. The first-order valence-electron chi connectivity index (χ1n) is 6.16. The van der Waals surface area contributed by atoms with Crippen LogP contribution in [0.5, 0.6) is 0 Å². The van der Waals surface area contributed by atoms with Crippen molar-refractivity contribution in [3.63, 3.8) is 0 Å². The van der Waals surface area contributed by atoms with Gasteiger partial charge in [0.15, 0.2) is 5.82 Å². The Labute approximate surface area is 97.0 Å². The van der Waals surface area contributed by atoms with Gasteiger partial charge in [0.1, 0.15) is 5.82 Å². The van der Waals surface area contributed by atoms with Crippen molar-refractivity contribution in [3.05, 3.63) is 11.6 Å². The lowest BCUT2D eigenvalue weighted by molar-refractivity contribution is 0.315. The molecular formula is C12H22N4. The van der Waals surface area contributed by atoms with E-state index in [0.717, 1.165) is 11.6 Å². The molecule has 1 heterocycles. The average Bonchev–Trinajstić information content (AvgIpc) is 2.85. The van der Waals surface area contributed by atoms with E-state index in [-0.39, 0.29) is 11.5 Å². The van der Waals surface area contributed by atoms with Crippen LogP contribution in [0.15, 0.2) is 0 Å². The van der Waals surface area contributed by atoms with E-state index in [9.17, 15) is 0 Å². The maximum Gasteiger partial charge on any atom is 0.167 e. The molecule has 0 unspecified atom stereocenters. The first-order chi connectivity index (χ1) is 7.48. The molecule has 2 rings (SSSR count). The van der Waals surface area contributed by atoms with Crippen LogP contribution in [-0.2, 0) is 0 Å². The smallest absolute Gasteiger partial charge is 0.167 e. The zero-order valence-electron chi connectivity index (χ0n) is 10.5. The molecule has 0 saturated heterocycles. The summed E-state index contributed by atoms with van der Waals surface area (Å²) in [7, 11) is 0. The molecule has 0 spiro atoms. The molecular weight excluding hydrogens is 200 g/mol. The second-order valence-corrected chi connectivity index (χ2v) is 5.90. The Morgan fingerprint density at radius 3 is 2.50 bits per heavy atom. The summed E-state index contributed by atoms with van der Waals surface area (Å²) in [5.74, 6) is 2.37. The summed E-state index contributed by atoms with van der Waals surface area (Å²) >= 11 is 0. The third kappa shape index (κ3) is 2.26. The van der Waals surface area contributed by atoms with Gasteiger partial charge >= 0.3 is 0 Å². The van der Waals surface area contributed by atoms with Crippen LogP contribution in [0.1, 0.15) is 70.1 Å². The highest BCUT2D eigenvalue weighted by Gasteiger charge is 2.27. The molecule has 1 fully saturated rings. The maximum atomic E-state index is 6.14. The largest absolute Gasteiger partial charge is 0.321 e. The van der Waals surface area contributed by atoms with Gasteiger partial charge < -0.3 is 5.73 Å². The molecule has 0 aromatic carbocycles. The van der Waals surface area contributed by atoms with Crippen molar-refractivity contribution in [1.29, 1.82) is 0 Å². The van der Waals surface area contributed by atoms with Crippen molar-refractivity contribution in [2.24, 2.45) is 11.1 Å². The molecule has 16 heavy (non-hydrogen) atoms. The summed E-state index contributed by atoms with van der Waals surface area (Å²) < 4.78 is 0. The molecule has 1 aliphatic carbocycles. The van der Waals surface area contributed by atoms with E-state index in [1.165, 1.54) is 25.7 Å². The van der Waals surface area contributed by atoms with Crippen LogP contribution >= 0.6 is 0 Å². The van der Waals surface area contributed by atoms with E-state index < -0.39 is 0 Å². The Kier molecular flexibility index (Phi) is 3.02. The number of nitrogens with two attached hydrogens (primary N) is 1. The SMILES string of the molecule is CC(C)(C)[C@@H](N)c1n[nH]c(C2CCCC2)n1. The zero-order chi connectivity index (χ0) is 11.8. The third-order valence-electron chi connectivity index (χ3n) is 3.47. The second-order valence-electron chi connectivity index (χ2n) is 5.90. The number of hydrogen-bond donors (Lipinski definition) is 2. The fraction of sp³-hybridized carbons (Fsp3) is 0.833.